The average molecular weight is 311 g/mol. The van der Waals surface area contributed by atoms with E-state index in [9.17, 15) is 9.50 Å². The highest BCUT2D eigenvalue weighted by Gasteiger charge is 2.21. The Kier molecular flexibility index (Phi) is 3.42. The third-order valence-corrected chi connectivity index (χ3v) is 3.72. The molecule has 0 radical (unpaired) electrons. The topological polar surface area (TPSA) is 33.4 Å². The Hall–Kier alpha value is -1.55. The lowest BCUT2D eigenvalue weighted by molar-refractivity contribution is 0.192. The highest BCUT2D eigenvalue weighted by Crippen LogP contribution is 2.36. The molecule has 3 rings (SSSR count). The molecule has 1 atom stereocenters. The number of hydrogen-bond acceptors (Lipinski definition) is 2. The van der Waals surface area contributed by atoms with Crippen LogP contribution in [0.4, 0.5) is 4.39 Å². The Morgan fingerprint density at radius 1 is 1.05 bits per heavy atom. The zero-order chi connectivity index (χ0) is 14.3. The summed E-state index contributed by atoms with van der Waals surface area (Å²) in [6.07, 6.45) is -1.15. The molecule has 1 unspecified atom stereocenters. The van der Waals surface area contributed by atoms with Gasteiger partial charge in [0.05, 0.1) is 0 Å². The van der Waals surface area contributed by atoms with Crippen molar-refractivity contribution in [2.24, 2.45) is 0 Å². The fourth-order valence-corrected chi connectivity index (χ4v) is 2.70. The Morgan fingerprint density at radius 3 is 2.35 bits per heavy atom. The van der Waals surface area contributed by atoms with Crippen LogP contribution >= 0.6 is 23.2 Å². The Balaban J connectivity index is 2.13. The molecule has 0 aliphatic heterocycles. The van der Waals surface area contributed by atoms with Crippen molar-refractivity contribution in [2.45, 2.75) is 6.10 Å². The van der Waals surface area contributed by atoms with Crippen LogP contribution in [-0.2, 0) is 0 Å². The minimum Gasteiger partial charge on any atom is -0.455 e. The van der Waals surface area contributed by atoms with E-state index in [-0.39, 0.29) is 11.3 Å². The zero-order valence-electron chi connectivity index (χ0n) is 10.1. The molecule has 1 N–H and O–H groups in total. The first kappa shape index (κ1) is 13.4. The molecule has 0 amide bonds. The molecule has 102 valence electrons. The number of halogens is 3. The van der Waals surface area contributed by atoms with Gasteiger partial charge in [0, 0.05) is 21.0 Å². The molecule has 3 aromatic rings. The maximum absolute atomic E-state index is 13.6. The number of para-hydroxylation sites is 1. The second-order valence-corrected chi connectivity index (χ2v) is 5.16. The van der Waals surface area contributed by atoms with E-state index in [1.807, 2.05) is 0 Å². The summed E-state index contributed by atoms with van der Waals surface area (Å²) in [5, 5.41) is 11.6. The van der Waals surface area contributed by atoms with Crippen molar-refractivity contribution < 1.29 is 13.9 Å². The lowest BCUT2D eigenvalue weighted by atomic mass is 10.1. The Morgan fingerprint density at radius 2 is 1.70 bits per heavy atom. The largest absolute Gasteiger partial charge is 0.455 e. The number of furan rings is 1. The summed E-state index contributed by atoms with van der Waals surface area (Å²) in [6.45, 7) is 0. The predicted octanol–water partition coefficient (Wildman–Crippen LogP) is 4.96. The molecule has 0 aliphatic carbocycles. The standard InChI is InChI=1S/C15H9Cl2FO2/c16-9-4-2-5-10(17)13(9)14(19)12-7-8-3-1-6-11(18)15(8)20-12/h1-7,14,19H. The molecule has 1 aromatic heterocycles. The number of fused-ring (bicyclic) bond motifs is 1. The summed E-state index contributed by atoms with van der Waals surface area (Å²) < 4.78 is 19.0. The minimum absolute atomic E-state index is 0.102. The first-order valence-electron chi connectivity index (χ1n) is 5.88. The second kappa shape index (κ2) is 5.09. The second-order valence-electron chi connectivity index (χ2n) is 4.34. The molecule has 0 aliphatic rings. The lowest BCUT2D eigenvalue weighted by Crippen LogP contribution is -1.99. The van der Waals surface area contributed by atoms with E-state index in [0.29, 0.717) is 21.0 Å². The van der Waals surface area contributed by atoms with Crippen LogP contribution in [0.3, 0.4) is 0 Å². The summed E-state index contributed by atoms with van der Waals surface area (Å²) >= 11 is 12.1. The summed E-state index contributed by atoms with van der Waals surface area (Å²) in [5.41, 5.74) is 0.444. The molecule has 2 aromatic carbocycles. The monoisotopic (exact) mass is 310 g/mol. The molecule has 0 fully saturated rings. The summed E-state index contributed by atoms with van der Waals surface area (Å²) in [6, 6.07) is 11.1. The van der Waals surface area contributed by atoms with Crippen LogP contribution in [0.1, 0.15) is 17.4 Å². The SMILES string of the molecule is OC(c1cc2cccc(F)c2o1)c1c(Cl)cccc1Cl. The summed E-state index contributed by atoms with van der Waals surface area (Å²) in [5.74, 6) is -0.286. The zero-order valence-corrected chi connectivity index (χ0v) is 11.6. The molecule has 0 spiro atoms. The van der Waals surface area contributed by atoms with Gasteiger partial charge in [0.1, 0.15) is 11.9 Å². The number of hydrogen-bond donors (Lipinski definition) is 1. The van der Waals surface area contributed by atoms with Crippen LogP contribution in [0.2, 0.25) is 10.0 Å². The lowest BCUT2D eigenvalue weighted by Gasteiger charge is -2.11. The molecule has 20 heavy (non-hydrogen) atoms. The highest BCUT2D eigenvalue weighted by atomic mass is 35.5. The number of aliphatic hydroxyl groups excluding tert-OH is 1. The van der Waals surface area contributed by atoms with E-state index >= 15 is 0 Å². The van der Waals surface area contributed by atoms with Gasteiger partial charge in [-0.15, -0.1) is 0 Å². The molecule has 0 saturated carbocycles. The van der Waals surface area contributed by atoms with Crippen LogP contribution in [0.25, 0.3) is 11.0 Å². The van der Waals surface area contributed by atoms with Crippen LogP contribution in [0.5, 0.6) is 0 Å². The van der Waals surface area contributed by atoms with Crippen LogP contribution in [0, 0.1) is 5.82 Å². The average Bonchev–Trinajstić information content (AvgIpc) is 2.84. The quantitative estimate of drug-likeness (QED) is 0.725. The third kappa shape index (κ3) is 2.18. The van der Waals surface area contributed by atoms with Crippen molar-refractivity contribution in [1.82, 2.24) is 0 Å². The van der Waals surface area contributed by atoms with Gasteiger partial charge in [-0.05, 0) is 24.3 Å². The molecular formula is C15H9Cl2FO2. The normalized spacial score (nSPS) is 12.8. The first-order valence-corrected chi connectivity index (χ1v) is 6.63. The molecule has 0 saturated heterocycles. The first-order chi connectivity index (χ1) is 9.58. The van der Waals surface area contributed by atoms with E-state index in [0.717, 1.165) is 0 Å². The molecule has 2 nitrogen and oxygen atoms in total. The van der Waals surface area contributed by atoms with E-state index in [2.05, 4.69) is 0 Å². The maximum Gasteiger partial charge on any atom is 0.170 e. The van der Waals surface area contributed by atoms with Crippen molar-refractivity contribution in [3.05, 3.63) is 69.7 Å². The molecule has 5 heteroatoms. The van der Waals surface area contributed by atoms with Gasteiger partial charge < -0.3 is 9.52 Å². The summed E-state index contributed by atoms with van der Waals surface area (Å²) in [7, 11) is 0. The van der Waals surface area contributed by atoms with Crippen molar-refractivity contribution in [3.63, 3.8) is 0 Å². The molecule has 0 bridgehead atoms. The van der Waals surface area contributed by atoms with Gasteiger partial charge in [-0.1, -0.05) is 41.4 Å². The van der Waals surface area contributed by atoms with Gasteiger partial charge in [0.2, 0.25) is 0 Å². The van der Waals surface area contributed by atoms with Gasteiger partial charge in [0.25, 0.3) is 0 Å². The van der Waals surface area contributed by atoms with Gasteiger partial charge in [-0.25, -0.2) is 4.39 Å². The van der Waals surface area contributed by atoms with Crippen LogP contribution in [0.15, 0.2) is 46.9 Å². The van der Waals surface area contributed by atoms with Gasteiger partial charge in [-0.2, -0.15) is 0 Å². The highest BCUT2D eigenvalue weighted by molar-refractivity contribution is 6.36. The third-order valence-electron chi connectivity index (χ3n) is 3.06. The number of benzene rings is 2. The smallest absolute Gasteiger partial charge is 0.170 e. The molecular weight excluding hydrogens is 302 g/mol. The Bertz CT molecular complexity index is 762. The van der Waals surface area contributed by atoms with E-state index < -0.39 is 11.9 Å². The van der Waals surface area contributed by atoms with Gasteiger partial charge >= 0.3 is 0 Å². The van der Waals surface area contributed by atoms with Crippen LogP contribution < -0.4 is 0 Å². The van der Waals surface area contributed by atoms with Crippen LogP contribution in [-0.4, -0.2) is 5.11 Å². The van der Waals surface area contributed by atoms with Crippen molar-refractivity contribution >= 4 is 34.2 Å². The van der Waals surface area contributed by atoms with Gasteiger partial charge in [-0.3, -0.25) is 0 Å². The Labute approximate surface area is 124 Å². The van der Waals surface area contributed by atoms with E-state index in [1.54, 1.807) is 36.4 Å². The van der Waals surface area contributed by atoms with Crippen molar-refractivity contribution in [3.8, 4) is 0 Å². The van der Waals surface area contributed by atoms with Crippen molar-refractivity contribution in [2.75, 3.05) is 0 Å². The molecule has 1 heterocycles. The predicted molar refractivity (Wildman–Crippen MR) is 76.7 cm³/mol. The maximum atomic E-state index is 13.6. The fraction of sp³-hybridized carbons (Fsp3) is 0.0667. The number of rotatable bonds is 2. The fourth-order valence-electron chi connectivity index (χ4n) is 2.10. The minimum atomic E-state index is -1.15. The summed E-state index contributed by atoms with van der Waals surface area (Å²) in [4.78, 5) is 0. The van der Waals surface area contributed by atoms with E-state index in [4.69, 9.17) is 27.6 Å². The van der Waals surface area contributed by atoms with Gasteiger partial charge in [0.15, 0.2) is 11.4 Å². The number of aliphatic hydroxyl groups is 1. The van der Waals surface area contributed by atoms with Crippen molar-refractivity contribution in [1.29, 1.82) is 0 Å². The van der Waals surface area contributed by atoms with E-state index in [1.165, 1.54) is 6.07 Å².